The molecule has 1 aromatic rings. The molecule has 0 aromatic heterocycles. The first-order chi connectivity index (χ1) is 9.08. The predicted molar refractivity (Wildman–Crippen MR) is 84.7 cm³/mol. The van der Waals surface area contributed by atoms with E-state index in [9.17, 15) is 5.11 Å². The molecule has 108 valence electrons. The van der Waals surface area contributed by atoms with E-state index in [2.05, 4.69) is 53.3 Å². The van der Waals surface area contributed by atoms with E-state index in [1.54, 1.807) is 11.8 Å². The molecule has 0 aliphatic rings. The molecule has 0 saturated carbocycles. The first kappa shape index (κ1) is 17.0. The first-order valence-corrected chi connectivity index (χ1v) is 8.30. The van der Waals surface area contributed by atoms with Crippen LogP contribution in [-0.2, 0) is 0 Å². The van der Waals surface area contributed by atoms with Crippen LogP contribution in [0.1, 0.15) is 31.9 Å². The van der Waals surface area contributed by atoms with E-state index in [4.69, 9.17) is 5.11 Å². The molecule has 3 N–H and O–H groups in total. The number of halogens is 1. The van der Waals surface area contributed by atoms with Crippen LogP contribution in [0, 0.1) is 0 Å². The number of nitrogens with one attached hydrogen (secondary N) is 1. The lowest BCUT2D eigenvalue weighted by Gasteiger charge is -2.15. The number of rotatable bonds is 8. The number of aliphatic hydroxyl groups excluding tert-OH is 2. The fourth-order valence-corrected chi connectivity index (χ4v) is 3.20. The highest BCUT2D eigenvalue weighted by Crippen LogP contribution is 2.30. The highest BCUT2D eigenvalue weighted by atomic mass is 79.9. The molecule has 3 nitrogen and oxygen atoms in total. The minimum Gasteiger partial charge on any atom is -0.394 e. The molecule has 2 unspecified atom stereocenters. The summed E-state index contributed by atoms with van der Waals surface area (Å²) in [5, 5.41) is 21.6. The molecule has 0 heterocycles. The van der Waals surface area contributed by atoms with E-state index in [0.717, 1.165) is 22.3 Å². The van der Waals surface area contributed by atoms with Crippen molar-refractivity contribution in [3.63, 3.8) is 0 Å². The summed E-state index contributed by atoms with van der Waals surface area (Å²) in [7, 11) is 0. The van der Waals surface area contributed by atoms with Gasteiger partial charge in [-0.05, 0) is 53.5 Å². The van der Waals surface area contributed by atoms with Gasteiger partial charge < -0.3 is 15.5 Å². The van der Waals surface area contributed by atoms with Gasteiger partial charge in [0, 0.05) is 21.2 Å². The Morgan fingerprint density at radius 1 is 1.42 bits per heavy atom. The lowest BCUT2D eigenvalue weighted by atomic mass is 10.1. The third-order valence-electron chi connectivity index (χ3n) is 2.80. The Hall–Kier alpha value is -0.0700. The number of benzene rings is 1. The highest BCUT2D eigenvalue weighted by Gasteiger charge is 2.09. The van der Waals surface area contributed by atoms with E-state index in [-0.39, 0.29) is 6.61 Å². The van der Waals surface area contributed by atoms with Gasteiger partial charge >= 0.3 is 0 Å². The van der Waals surface area contributed by atoms with Crippen LogP contribution in [0.25, 0.3) is 0 Å². The van der Waals surface area contributed by atoms with E-state index in [1.165, 1.54) is 5.56 Å². The van der Waals surface area contributed by atoms with Crippen LogP contribution < -0.4 is 5.32 Å². The number of hydrogen-bond acceptors (Lipinski definition) is 4. The second kappa shape index (κ2) is 8.97. The smallest absolute Gasteiger partial charge is 0.0864 e. The molecule has 0 aliphatic carbocycles. The first-order valence-electron chi connectivity index (χ1n) is 6.53. The van der Waals surface area contributed by atoms with Crippen LogP contribution in [0.15, 0.2) is 27.6 Å². The van der Waals surface area contributed by atoms with Gasteiger partial charge in [0.15, 0.2) is 0 Å². The fraction of sp³-hybridized carbons (Fsp3) is 0.571. The minimum atomic E-state index is -0.665. The molecule has 1 rings (SSSR count). The third kappa shape index (κ3) is 5.83. The van der Waals surface area contributed by atoms with Crippen molar-refractivity contribution in [1.29, 1.82) is 0 Å². The second-order valence-corrected chi connectivity index (χ2v) is 6.43. The van der Waals surface area contributed by atoms with Crippen molar-refractivity contribution in [1.82, 2.24) is 5.32 Å². The summed E-state index contributed by atoms with van der Waals surface area (Å²) < 4.78 is 1.03. The number of thioether (sulfide) groups is 1. The van der Waals surface area contributed by atoms with Gasteiger partial charge in [0.25, 0.3) is 0 Å². The molecular weight excluding hydrogens is 326 g/mol. The molecule has 0 saturated heterocycles. The average molecular weight is 348 g/mol. The second-order valence-electron chi connectivity index (χ2n) is 4.51. The van der Waals surface area contributed by atoms with Crippen molar-refractivity contribution >= 4 is 27.7 Å². The number of hydrogen-bond donors (Lipinski definition) is 3. The van der Waals surface area contributed by atoms with Gasteiger partial charge in [-0.25, -0.2) is 0 Å². The molecule has 0 radical (unpaired) electrons. The summed E-state index contributed by atoms with van der Waals surface area (Å²) in [5.74, 6) is 0.498. The zero-order valence-electron chi connectivity index (χ0n) is 11.4. The summed E-state index contributed by atoms with van der Waals surface area (Å²) in [6, 6.07) is 6.60. The molecular formula is C14H22BrNO2S. The largest absolute Gasteiger partial charge is 0.394 e. The highest BCUT2D eigenvalue weighted by molar-refractivity contribution is 9.10. The quantitative estimate of drug-likeness (QED) is 0.633. The van der Waals surface area contributed by atoms with E-state index in [0.29, 0.717) is 11.8 Å². The number of aliphatic hydroxyl groups is 2. The lowest BCUT2D eigenvalue weighted by molar-refractivity contribution is 0.113. The van der Waals surface area contributed by atoms with Crippen molar-refractivity contribution in [2.75, 3.05) is 18.9 Å². The summed E-state index contributed by atoms with van der Waals surface area (Å²) in [6.45, 7) is 5.13. The SMILES string of the molecule is CCCNC(C)c1ccc(SCC(O)CO)c(Br)c1. The molecule has 1 aromatic carbocycles. The Bertz CT molecular complexity index is 390. The monoisotopic (exact) mass is 347 g/mol. The van der Waals surface area contributed by atoms with E-state index < -0.39 is 6.10 Å². The lowest BCUT2D eigenvalue weighted by Crippen LogP contribution is -2.19. The normalized spacial score (nSPS) is 14.4. The van der Waals surface area contributed by atoms with Gasteiger partial charge in [0.2, 0.25) is 0 Å². The average Bonchev–Trinajstić information content (AvgIpc) is 2.42. The molecule has 0 spiro atoms. The van der Waals surface area contributed by atoms with Crippen molar-refractivity contribution in [2.45, 2.75) is 37.3 Å². The molecule has 0 amide bonds. The third-order valence-corrected chi connectivity index (χ3v) is 4.94. The van der Waals surface area contributed by atoms with Crippen molar-refractivity contribution in [2.24, 2.45) is 0 Å². The Balaban J connectivity index is 2.63. The summed E-state index contributed by atoms with van der Waals surface area (Å²) in [4.78, 5) is 1.08. The standard InChI is InChI=1S/C14H22BrNO2S/c1-3-6-16-10(2)11-4-5-14(13(15)7-11)19-9-12(18)8-17/h4-5,7,10,12,16-18H,3,6,8-9H2,1-2H3. The van der Waals surface area contributed by atoms with Crippen LogP contribution in [0.3, 0.4) is 0 Å². The maximum Gasteiger partial charge on any atom is 0.0864 e. The Morgan fingerprint density at radius 2 is 2.16 bits per heavy atom. The maximum atomic E-state index is 9.35. The van der Waals surface area contributed by atoms with Gasteiger partial charge in [-0.1, -0.05) is 13.0 Å². The molecule has 0 aliphatic heterocycles. The molecule has 5 heteroatoms. The Kier molecular flexibility index (Phi) is 8.02. The molecule has 19 heavy (non-hydrogen) atoms. The van der Waals surface area contributed by atoms with Crippen LogP contribution >= 0.6 is 27.7 Å². The van der Waals surface area contributed by atoms with Gasteiger partial charge in [0.1, 0.15) is 0 Å². The van der Waals surface area contributed by atoms with Gasteiger partial charge in [-0.3, -0.25) is 0 Å². The van der Waals surface area contributed by atoms with E-state index >= 15 is 0 Å². The summed E-state index contributed by atoms with van der Waals surface area (Å²) in [6.07, 6.45) is 0.458. The molecule has 2 atom stereocenters. The van der Waals surface area contributed by atoms with Crippen molar-refractivity contribution in [3.05, 3.63) is 28.2 Å². The zero-order valence-corrected chi connectivity index (χ0v) is 13.8. The minimum absolute atomic E-state index is 0.194. The molecule has 0 fully saturated rings. The Labute approximate surface area is 127 Å². The van der Waals surface area contributed by atoms with Crippen LogP contribution in [0.2, 0.25) is 0 Å². The van der Waals surface area contributed by atoms with Crippen molar-refractivity contribution < 1.29 is 10.2 Å². The van der Waals surface area contributed by atoms with Gasteiger partial charge in [-0.15, -0.1) is 11.8 Å². The van der Waals surface area contributed by atoms with Crippen LogP contribution in [0.5, 0.6) is 0 Å². The van der Waals surface area contributed by atoms with Crippen molar-refractivity contribution in [3.8, 4) is 0 Å². The van der Waals surface area contributed by atoms with Crippen LogP contribution in [-0.4, -0.2) is 35.2 Å². The molecule has 0 bridgehead atoms. The summed E-state index contributed by atoms with van der Waals surface area (Å²) in [5.41, 5.74) is 1.24. The zero-order chi connectivity index (χ0) is 14.3. The van der Waals surface area contributed by atoms with Crippen LogP contribution in [0.4, 0.5) is 0 Å². The van der Waals surface area contributed by atoms with E-state index in [1.807, 2.05) is 0 Å². The summed E-state index contributed by atoms with van der Waals surface area (Å²) >= 11 is 5.10. The predicted octanol–water partition coefficient (Wildman–Crippen LogP) is 2.96. The maximum absolute atomic E-state index is 9.35. The topological polar surface area (TPSA) is 52.5 Å². The van der Waals surface area contributed by atoms with Gasteiger partial charge in [0.05, 0.1) is 12.7 Å². The van der Waals surface area contributed by atoms with Gasteiger partial charge in [-0.2, -0.15) is 0 Å². The fourth-order valence-electron chi connectivity index (χ4n) is 1.62. The Morgan fingerprint density at radius 3 is 2.74 bits per heavy atom.